The molecule has 0 saturated carbocycles. The van der Waals surface area contributed by atoms with E-state index in [0.717, 1.165) is 0 Å². The summed E-state index contributed by atoms with van der Waals surface area (Å²) in [6.07, 6.45) is 5.24. The topological polar surface area (TPSA) is 95.8 Å². The first kappa shape index (κ1) is 13.9. The van der Waals surface area contributed by atoms with E-state index in [2.05, 4.69) is 10.2 Å². The van der Waals surface area contributed by atoms with E-state index in [1.165, 1.54) is 41.0 Å². The molecule has 0 spiro atoms. The Morgan fingerprint density at radius 3 is 2.75 bits per heavy atom. The first-order valence-corrected chi connectivity index (χ1v) is 5.86. The summed E-state index contributed by atoms with van der Waals surface area (Å²) in [5.41, 5.74) is -0.0242. The highest BCUT2D eigenvalue weighted by molar-refractivity contribution is 6.31. The molecule has 2 aromatic heterocycles. The van der Waals surface area contributed by atoms with E-state index in [9.17, 15) is 14.9 Å². The second-order valence-corrected chi connectivity index (χ2v) is 4.40. The number of aryl methyl sites for hydroxylation is 2. The number of carbonyl (C=O) groups is 1. The third kappa shape index (κ3) is 2.59. The standard InChI is InChI=1S/C11H10ClN5O3/c1-15-6-9(17(19)20)11(14-15)10(18)4-3-8-7(12)5-13-16(8)2/h3-6H,1-2H3/b4-3+. The summed E-state index contributed by atoms with van der Waals surface area (Å²) < 4.78 is 2.70. The lowest BCUT2D eigenvalue weighted by Gasteiger charge is -1.95. The zero-order chi connectivity index (χ0) is 14.9. The van der Waals surface area contributed by atoms with Crippen molar-refractivity contribution in [2.24, 2.45) is 14.1 Å². The molecular formula is C11H10ClN5O3. The van der Waals surface area contributed by atoms with E-state index in [4.69, 9.17) is 11.6 Å². The Morgan fingerprint density at radius 2 is 2.20 bits per heavy atom. The van der Waals surface area contributed by atoms with Gasteiger partial charge in [0.15, 0.2) is 0 Å². The van der Waals surface area contributed by atoms with Gasteiger partial charge in [-0.3, -0.25) is 24.3 Å². The fraction of sp³-hybridized carbons (Fsp3) is 0.182. The molecular weight excluding hydrogens is 286 g/mol. The highest BCUT2D eigenvalue weighted by Crippen LogP contribution is 2.19. The van der Waals surface area contributed by atoms with E-state index >= 15 is 0 Å². The van der Waals surface area contributed by atoms with Crippen LogP contribution < -0.4 is 0 Å². The van der Waals surface area contributed by atoms with Crippen LogP contribution in [0.15, 0.2) is 18.5 Å². The normalized spacial score (nSPS) is 11.2. The van der Waals surface area contributed by atoms with Crippen LogP contribution in [0.5, 0.6) is 0 Å². The summed E-state index contributed by atoms with van der Waals surface area (Å²) in [5, 5.41) is 18.9. The molecule has 104 valence electrons. The molecule has 2 aromatic rings. The minimum atomic E-state index is -0.648. The maximum atomic E-state index is 12.0. The fourth-order valence-corrected chi connectivity index (χ4v) is 1.86. The Morgan fingerprint density at radius 1 is 1.50 bits per heavy atom. The maximum absolute atomic E-state index is 12.0. The van der Waals surface area contributed by atoms with Crippen LogP contribution in [0.25, 0.3) is 6.08 Å². The molecule has 0 fully saturated rings. The molecule has 0 bridgehead atoms. The largest absolute Gasteiger partial charge is 0.318 e. The second kappa shape index (κ2) is 5.25. The predicted octanol–water partition coefficient (Wildman–Crippen LogP) is 1.61. The molecule has 0 saturated heterocycles. The SMILES string of the molecule is Cn1cc([N+](=O)[O-])c(C(=O)/C=C/c2c(Cl)cnn2C)n1. The monoisotopic (exact) mass is 295 g/mol. The predicted molar refractivity (Wildman–Crippen MR) is 71.4 cm³/mol. The number of carbonyl (C=O) groups excluding carboxylic acids is 1. The van der Waals surface area contributed by atoms with Crippen LogP contribution in [0.2, 0.25) is 5.02 Å². The Kier molecular flexibility index (Phi) is 3.66. The van der Waals surface area contributed by atoms with Crippen molar-refractivity contribution < 1.29 is 9.72 Å². The third-order valence-electron chi connectivity index (χ3n) is 2.57. The van der Waals surface area contributed by atoms with Crippen molar-refractivity contribution in [1.82, 2.24) is 19.6 Å². The van der Waals surface area contributed by atoms with Gasteiger partial charge in [0.2, 0.25) is 11.5 Å². The lowest BCUT2D eigenvalue weighted by atomic mass is 10.2. The summed E-state index contributed by atoms with van der Waals surface area (Å²) in [5.74, 6) is -0.574. The Bertz CT molecular complexity index is 696. The van der Waals surface area contributed by atoms with Gasteiger partial charge in [-0.25, -0.2) is 0 Å². The fourth-order valence-electron chi connectivity index (χ4n) is 1.63. The van der Waals surface area contributed by atoms with Crippen LogP contribution in [-0.4, -0.2) is 30.3 Å². The molecule has 0 amide bonds. The van der Waals surface area contributed by atoms with Gasteiger partial charge < -0.3 is 0 Å². The second-order valence-electron chi connectivity index (χ2n) is 3.99. The minimum Gasteiger partial charge on any atom is -0.287 e. The zero-order valence-electron chi connectivity index (χ0n) is 10.6. The first-order valence-electron chi connectivity index (χ1n) is 5.48. The average molecular weight is 296 g/mol. The third-order valence-corrected chi connectivity index (χ3v) is 2.86. The average Bonchev–Trinajstić information content (AvgIpc) is 2.91. The summed E-state index contributed by atoms with van der Waals surface area (Å²) in [6, 6.07) is 0. The highest BCUT2D eigenvalue weighted by atomic mass is 35.5. The number of halogens is 1. The lowest BCUT2D eigenvalue weighted by molar-refractivity contribution is -0.385. The van der Waals surface area contributed by atoms with Gasteiger partial charge in [0.05, 0.1) is 21.8 Å². The van der Waals surface area contributed by atoms with Crippen molar-refractivity contribution in [2.75, 3.05) is 0 Å². The number of aromatic nitrogens is 4. The van der Waals surface area contributed by atoms with Crippen LogP contribution >= 0.6 is 11.6 Å². The van der Waals surface area contributed by atoms with Gasteiger partial charge in [-0.15, -0.1) is 0 Å². The van der Waals surface area contributed by atoms with Crippen LogP contribution in [0, 0.1) is 10.1 Å². The number of rotatable bonds is 4. The van der Waals surface area contributed by atoms with Crippen molar-refractivity contribution in [3.05, 3.63) is 45.0 Å². The minimum absolute atomic E-state index is 0.216. The van der Waals surface area contributed by atoms with Gasteiger partial charge in [-0.2, -0.15) is 10.2 Å². The summed E-state index contributed by atoms with van der Waals surface area (Å²) in [4.78, 5) is 22.1. The number of nitro groups is 1. The first-order chi connectivity index (χ1) is 9.40. The smallest absolute Gasteiger partial charge is 0.287 e. The van der Waals surface area contributed by atoms with E-state index in [-0.39, 0.29) is 11.4 Å². The number of allylic oxidation sites excluding steroid dienone is 1. The van der Waals surface area contributed by atoms with Gasteiger partial charge in [0.25, 0.3) is 0 Å². The molecule has 0 aromatic carbocycles. The van der Waals surface area contributed by atoms with E-state index in [1.54, 1.807) is 7.05 Å². The Labute approximate surface area is 118 Å². The van der Waals surface area contributed by atoms with Gasteiger partial charge in [0, 0.05) is 14.1 Å². The number of ketones is 1. The van der Waals surface area contributed by atoms with Crippen molar-refractivity contribution >= 4 is 29.1 Å². The molecule has 0 unspecified atom stereocenters. The zero-order valence-corrected chi connectivity index (χ0v) is 11.4. The molecule has 0 aliphatic carbocycles. The number of nitrogens with zero attached hydrogens (tertiary/aromatic N) is 5. The summed E-state index contributed by atoms with van der Waals surface area (Å²) in [6.45, 7) is 0. The molecule has 2 rings (SSSR count). The molecule has 0 radical (unpaired) electrons. The molecule has 9 heteroatoms. The van der Waals surface area contributed by atoms with Crippen molar-refractivity contribution in [3.8, 4) is 0 Å². The van der Waals surface area contributed by atoms with Crippen molar-refractivity contribution in [2.45, 2.75) is 0 Å². The van der Waals surface area contributed by atoms with E-state index in [0.29, 0.717) is 10.7 Å². The van der Waals surface area contributed by atoms with Crippen LogP contribution in [0.4, 0.5) is 5.69 Å². The van der Waals surface area contributed by atoms with Gasteiger partial charge >= 0.3 is 5.69 Å². The molecule has 20 heavy (non-hydrogen) atoms. The van der Waals surface area contributed by atoms with Crippen molar-refractivity contribution in [3.63, 3.8) is 0 Å². The van der Waals surface area contributed by atoms with E-state index < -0.39 is 10.7 Å². The molecule has 0 atom stereocenters. The molecule has 0 aliphatic rings. The van der Waals surface area contributed by atoms with Gasteiger partial charge in [0.1, 0.15) is 6.20 Å². The Hall–Kier alpha value is -2.48. The summed E-state index contributed by atoms with van der Waals surface area (Å²) >= 11 is 5.89. The van der Waals surface area contributed by atoms with Crippen LogP contribution in [0.1, 0.15) is 16.2 Å². The molecule has 8 nitrogen and oxygen atoms in total. The molecule has 0 aliphatic heterocycles. The van der Waals surface area contributed by atoms with Crippen LogP contribution in [-0.2, 0) is 14.1 Å². The summed E-state index contributed by atoms with van der Waals surface area (Å²) in [7, 11) is 3.17. The number of hydrogen-bond donors (Lipinski definition) is 0. The molecule has 0 N–H and O–H groups in total. The quantitative estimate of drug-likeness (QED) is 0.369. The lowest BCUT2D eigenvalue weighted by Crippen LogP contribution is -2.01. The van der Waals surface area contributed by atoms with Crippen LogP contribution in [0.3, 0.4) is 0 Å². The van der Waals surface area contributed by atoms with Gasteiger partial charge in [-0.05, 0) is 12.2 Å². The van der Waals surface area contributed by atoms with Crippen molar-refractivity contribution in [1.29, 1.82) is 0 Å². The molecule has 2 heterocycles. The highest BCUT2D eigenvalue weighted by Gasteiger charge is 2.23. The number of hydrogen-bond acceptors (Lipinski definition) is 5. The Balaban J connectivity index is 2.31. The maximum Gasteiger partial charge on any atom is 0.318 e. The van der Waals surface area contributed by atoms with Gasteiger partial charge in [-0.1, -0.05) is 11.6 Å². The van der Waals surface area contributed by atoms with E-state index in [1.807, 2.05) is 0 Å².